The number of hydrogen-bond acceptors (Lipinski definition) is 5. The first kappa shape index (κ1) is 21.9. The quantitative estimate of drug-likeness (QED) is 0.491. The molecular weight excluding hydrogens is 370 g/mol. The monoisotopic (exact) mass is 395 g/mol. The van der Waals surface area contributed by atoms with E-state index in [1.807, 2.05) is 60.7 Å². The fourth-order valence-corrected chi connectivity index (χ4v) is 2.61. The molecule has 29 heavy (non-hydrogen) atoms. The third-order valence-corrected chi connectivity index (χ3v) is 4.04. The Hall–Kier alpha value is -3.41. The molecule has 0 aliphatic heterocycles. The van der Waals surface area contributed by atoms with Crippen molar-refractivity contribution in [1.29, 1.82) is 0 Å². The number of carbonyl (C=O) groups excluding carboxylic acids is 3. The highest BCUT2D eigenvalue weighted by atomic mass is 16.5. The van der Waals surface area contributed by atoms with Crippen LogP contribution in [-0.4, -0.2) is 30.5 Å². The van der Waals surface area contributed by atoms with Crippen LogP contribution in [0.5, 0.6) is 0 Å². The Bertz CT molecular complexity index is 818. The van der Waals surface area contributed by atoms with Gasteiger partial charge in [0.15, 0.2) is 5.78 Å². The van der Waals surface area contributed by atoms with Crippen LogP contribution in [0.2, 0.25) is 0 Å². The molecule has 0 fully saturated rings. The number of hydrogen-bond donors (Lipinski definition) is 1. The predicted octanol–water partition coefficient (Wildman–Crippen LogP) is 3.60. The Kier molecular flexibility index (Phi) is 9.15. The van der Waals surface area contributed by atoms with Gasteiger partial charge in [-0.3, -0.25) is 4.79 Å². The summed E-state index contributed by atoms with van der Waals surface area (Å²) >= 11 is 0. The van der Waals surface area contributed by atoms with Gasteiger partial charge in [0, 0.05) is 12.5 Å². The van der Waals surface area contributed by atoms with Gasteiger partial charge in [-0.25, -0.2) is 9.59 Å². The number of ether oxygens (including phenoxy) is 2. The molecule has 1 amide bonds. The summed E-state index contributed by atoms with van der Waals surface area (Å²) in [6, 6.07) is 17.9. The summed E-state index contributed by atoms with van der Waals surface area (Å²) in [5, 5.41) is 2.64. The number of nitrogens with one attached hydrogen (secondary N) is 1. The standard InChI is InChI=1S/C23H25NO5/c1-2-28-22(26)15-9-14-21(25)20(16-18-10-5-3-6-11-18)24-23(27)29-17-19-12-7-4-8-13-19/h3-13,15,20H,2,14,16-17H2,1H3,(H,24,27)/b15-9+/t20-/m0/s1. The lowest BCUT2D eigenvalue weighted by Gasteiger charge is -2.17. The SMILES string of the molecule is CCOC(=O)/C=C/CC(=O)[C@H](Cc1ccccc1)NC(=O)OCc1ccccc1. The zero-order valence-corrected chi connectivity index (χ0v) is 16.4. The first-order valence-corrected chi connectivity index (χ1v) is 9.45. The third kappa shape index (κ3) is 8.43. The van der Waals surface area contributed by atoms with Gasteiger partial charge in [-0.05, 0) is 24.5 Å². The number of allylic oxidation sites excluding steroid dienone is 1. The van der Waals surface area contributed by atoms with Crippen molar-refractivity contribution in [1.82, 2.24) is 5.32 Å². The minimum absolute atomic E-state index is 0.00468. The van der Waals surface area contributed by atoms with Crippen molar-refractivity contribution in [2.24, 2.45) is 0 Å². The van der Waals surface area contributed by atoms with Gasteiger partial charge in [-0.15, -0.1) is 0 Å². The van der Waals surface area contributed by atoms with Crippen LogP contribution in [0.25, 0.3) is 0 Å². The molecule has 1 atom stereocenters. The molecule has 0 unspecified atom stereocenters. The summed E-state index contributed by atoms with van der Waals surface area (Å²) in [6.45, 7) is 2.09. The van der Waals surface area contributed by atoms with Gasteiger partial charge in [-0.1, -0.05) is 66.7 Å². The maximum absolute atomic E-state index is 12.6. The van der Waals surface area contributed by atoms with Crippen LogP contribution in [0.15, 0.2) is 72.8 Å². The van der Waals surface area contributed by atoms with Gasteiger partial charge >= 0.3 is 12.1 Å². The van der Waals surface area contributed by atoms with Crippen molar-refractivity contribution in [3.8, 4) is 0 Å². The third-order valence-electron chi connectivity index (χ3n) is 4.04. The Morgan fingerprint density at radius 2 is 1.55 bits per heavy atom. The van der Waals surface area contributed by atoms with Crippen molar-refractivity contribution in [3.05, 3.63) is 83.9 Å². The van der Waals surface area contributed by atoms with Crippen LogP contribution in [0.3, 0.4) is 0 Å². The van der Waals surface area contributed by atoms with Crippen LogP contribution in [-0.2, 0) is 32.1 Å². The molecule has 6 heteroatoms. The van der Waals surface area contributed by atoms with E-state index in [4.69, 9.17) is 9.47 Å². The topological polar surface area (TPSA) is 81.7 Å². The molecule has 2 rings (SSSR count). The van der Waals surface area contributed by atoms with E-state index < -0.39 is 18.1 Å². The maximum Gasteiger partial charge on any atom is 0.408 e. The van der Waals surface area contributed by atoms with E-state index in [1.54, 1.807) is 6.92 Å². The second-order valence-corrected chi connectivity index (χ2v) is 6.27. The highest BCUT2D eigenvalue weighted by Gasteiger charge is 2.21. The van der Waals surface area contributed by atoms with Crippen LogP contribution in [0.4, 0.5) is 4.79 Å². The van der Waals surface area contributed by atoms with Gasteiger partial charge in [0.1, 0.15) is 6.61 Å². The Labute approximate surface area is 170 Å². The van der Waals surface area contributed by atoms with E-state index in [9.17, 15) is 14.4 Å². The smallest absolute Gasteiger partial charge is 0.408 e. The minimum atomic E-state index is -0.771. The van der Waals surface area contributed by atoms with E-state index >= 15 is 0 Å². The van der Waals surface area contributed by atoms with Crippen molar-refractivity contribution in [2.75, 3.05) is 6.61 Å². The largest absolute Gasteiger partial charge is 0.463 e. The van der Waals surface area contributed by atoms with Crippen LogP contribution in [0.1, 0.15) is 24.5 Å². The number of esters is 1. The summed E-state index contributed by atoms with van der Waals surface area (Å²) in [6.07, 6.45) is 2.31. The first-order chi connectivity index (χ1) is 14.1. The van der Waals surface area contributed by atoms with Crippen molar-refractivity contribution in [2.45, 2.75) is 32.4 Å². The Morgan fingerprint density at radius 1 is 0.931 bits per heavy atom. The summed E-state index contributed by atoms with van der Waals surface area (Å²) in [4.78, 5) is 36.2. The lowest BCUT2D eigenvalue weighted by Crippen LogP contribution is -2.42. The fraction of sp³-hybridized carbons (Fsp3) is 0.261. The lowest BCUT2D eigenvalue weighted by atomic mass is 10.0. The van der Waals surface area contributed by atoms with Gasteiger partial charge < -0.3 is 14.8 Å². The molecule has 0 radical (unpaired) electrons. The second kappa shape index (κ2) is 12.1. The molecule has 2 aromatic carbocycles. The molecule has 6 nitrogen and oxygen atoms in total. The number of rotatable bonds is 10. The number of carbonyl (C=O) groups is 3. The normalized spacial score (nSPS) is 11.6. The molecule has 0 spiro atoms. The summed E-state index contributed by atoms with van der Waals surface area (Å²) in [7, 11) is 0. The highest BCUT2D eigenvalue weighted by molar-refractivity contribution is 5.90. The van der Waals surface area contributed by atoms with E-state index in [2.05, 4.69) is 5.32 Å². The Balaban J connectivity index is 1.97. The fourth-order valence-electron chi connectivity index (χ4n) is 2.61. The summed E-state index contributed by atoms with van der Waals surface area (Å²) in [5.41, 5.74) is 1.76. The average molecular weight is 395 g/mol. The van der Waals surface area contributed by atoms with Crippen molar-refractivity contribution in [3.63, 3.8) is 0 Å². The molecular formula is C23H25NO5. The second-order valence-electron chi connectivity index (χ2n) is 6.27. The molecule has 2 aromatic rings. The van der Waals surface area contributed by atoms with Crippen LogP contribution in [0, 0.1) is 0 Å². The summed E-state index contributed by atoms with van der Waals surface area (Å²) in [5.74, 6) is -0.735. The molecule has 0 aromatic heterocycles. The zero-order valence-electron chi connectivity index (χ0n) is 16.4. The van der Waals surface area contributed by atoms with Gasteiger partial charge in [0.05, 0.1) is 12.6 Å². The van der Waals surface area contributed by atoms with E-state index in [1.165, 1.54) is 12.2 Å². The number of alkyl carbamates (subject to hydrolysis) is 1. The molecule has 1 N–H and O–H groups in total. The molecule has 0 aliphatic rings. The number of Topliss-reactive ketones (excluding diaryl/α,β-unsaturated/α-hetero) is 1. The van der Waals surface area contributed by atoms with E-state index in [0.717, 1.165) is 11.1 Å². The van der Waals surface area contributed by atoms with Crippen LogP contribution < -0.4 is 5.32 Å². The summed E-state index contributed by atoms with van der Waals surface area (Å²) < 4.78 is 10.0. The minimum Gasteiger partial charge on any atom is -0.463 e. The number of benzene rings is 2. The lowest BCUT2D eigenvalue weighted by molar-refractivity contribution is -0.137. The maximum atomic E-state index is 12.6. The highest BCUT2D eigenvalue weighted by Crippen LogP contribution is 2.07. The van der Waals surface area contributed by atoms with Gasteiger partial charge in [-0.2, -0.15) is 0 Å². The predicted molar refractivity (Wildman–Crippen MR) is 109 cm³/mol. The zero-order chi connectivity index (χ0) is 20.9. The molecule has 0 bridgehead atoms. The molecule has 0 aliphatic carbocycles. The van der Waals surface area contributed by atoms with Crippen LogP contribution >= 0.6 is 0 Å². The number of amides is 1. The van der Waals surface area contributed by atoms with Crippen molar-refractivity contribution < 1.29 is 23.9 Å². The molecule has 0 saturated heterocycles. The van der Waals surface area contributed by atoms with E-state index in [-0.39, 0.29) is 25.4 Å². The average Bonchev–Trinajstić information content (AvgIpc) is 2.73. The first-order valence-electron chi connectivity index (χ1n) is 9.45. The van der Waals surface area contributed by atoms with Gasteiger partial charge in [0.2, 0.25) is 0 Å². The number of ketones is 1. The van der Waals surface area contributed by atoms with E-state index in [0.29, 0.717) is 6.42 Å². The molecule has 0 saturated carbocycles. The Morgan fingerprint density at radius 3 is 2.17 bits per heavy atom. The molecule has 0 heterocycles. The van der Waals surface area contributed by atoms with Gasteiger partial charge in [0.25, 0.3) is 0 Å². The molecule has 152 valence electrons. The van der Waals surface area contributed by atoms with Crippen molar-refractivity contribution >= 4 is 17.8 Å².